The Labute approximate surface area is 141 Å². The fourth-order valence-electron chi connectivity index (χ4n) is 2.59. The normalized spacial score (nSPS) is 19.6. The van der Waals surface area contributed by atoms with Gasteiger partial charge in [-0.2, -0.15) is 0 Å². The van der Waals surface area contributed by atoms with Gasteiger partial charge in [-0.15, -0.1) is 0 Å². The standard InChI is InChI=1S/C17H23N3O4/c1-23-15-5-2-12(16(21)19-13-3-4-13)8-14(15)20-17(22)18-9-11-6-7-24-10-11/h2,5,8,11,13H,3-4,6-7,9-10H2,1H3,(H,19,21)(H2,18,20,22). The molecule has 0 spiro atoms. The predicted octanol–water partition coefficient (Wildman–Crippen LogP) is 1.75. The first kappa shape index (κ1) is 16.6. The van der Waals surface area contributed by atoms with Gasteiger partial charge < -0.3 is 25.4 Å². The second-order valence-corrected chi connectivity index (χ2v) is 6.23. The van der Waals surface area contributed by atoms with Gasteiger partial charge in [0.25, 0.3) is 5.91 Å². The highest BCUT2D eigenvalue weighted by molar-refractivity contribution is 5.98. The maximum absolute atomic E-state index is 12.1. The number of carbonyl (C=O) groups excluding carboxylic acids is 2. The van der Waals surface area contributed by atoms with E-state index in [1.54, 1.807) is 18.2 Å². The number of urea groups is 1. The van der Waals surface area contributed by atoms with Gasteiger partial charge in [0.05, 0.1) is 19.4 Å². The third-order valence-corrected chi connectivity index (χ3v) is 4.20. The molecule has 1 unspecified atom stereocenters. The summed E-state index contributed by atoms with van der Waals surface area (Å²) in [5.74, 6) is 0.734. The number of amides is 3. The second kappa shape index (κ2) is 7.53. The molecule has 1 aromatic carbocycles. The van der Waals surface area contributed by atoms with E-state index in [1.807, 2.05) is 0 Å². The number of nitrogens with one attached hydrogen (secondary N) is 3. The Bertz CT molecular complexity index is 610. The molecule has 1 atom stereocenters. The maximum atomic E-state index is 12.1. The summed E-state index contributed by atoms with van der Waals surface area (Å²) >= 11 is 0. The van der Waals surface area contributed by atoms with Crippen LogP contribution in [0.4, 0.5) is 10.5 Å². The van der Waals surface area contributed by atoms with Crippen molar-refractivity contribution in [3.63, 3.8) is 0 Å². The molecular formula is C17H23N3O4. The van der Waals surface area contributed by atoms with Crippen LogP contribution in [0.1, 0.15) is 29.6 Å². The van der Waals surface area contributed by atoms with Gasteiger partial charge in [0, 0.05) is 30.7 Å². The van der Waals surface area contributed by atoms with E-state index in [0.717, 1.165) is 25.9 Å². The fraction of sp³-hybridized carbons (Fsp3) is 0.529. The lowest BCUT2D eigenvalue weighted by Crippen LogP contribution is -2.33. The third kappa shape index (κ3) is 4.38. The molecule has 2 fully saturated rings. The average molecular weight is 333 g/mol. The number of rotatable bonds is 6. The first-order valence-corrected chi connectivity index (χ1v) is 8.27. The highest BCUT2D eigenvalue weighted by Crippen LogP contribution is 2.26. The number of benzene rings is 1. The molecule has 0 aromatic heterocycles. The van der Waals surface area contributed by atoms with E-state index in [-0.39, 0.29) is 18.0 Å². The Hall–Kier alpha value is -2.28. The summed E-state index contributed by atoms with van der Waals surface area (Å²) in [5, 5.41) is 8.51. The van der Waals surface area contributed by atoms with Crippen molar-refractivity contribution >= 4 is 17.6 Å². The van der Waals surface area contributed by atoms with Crippen molar-refractivity contribution in [2.75, 3.05) is 32.2 Å². The SMILES string of the molecule is COc1ccc(C(=O)NC2CC2)cc1NC(=O)NCC1CCOC1. The average Bonchev–Trinajstić information content (AvgIpc) is 3.24. The molecule has 1 saturated carbocycles. The molecule has 1 heterocycles. The minimum Gasteiger partial charge on any atom is -0.495 e. The molecule has 7 nitrogen and oxygen atoms in total. The Morgan fingerprint density at radius 1 is 1.29 bits per heavy atom. The van der Waals surface area contributed by atoms with Gasteiger partial charge in [-0.05, 0) is 37.5 Å². The van der Waals surface area contributed by atoms with Gasteiger partial charge >= 0.3 is 6.03 Å². The number of anilines is 1. The van der Waals surface area contributed by atoms with Crippen LogP contribution in [-0.4, -0.2) is 44.8 Å². The van der Waals surface area contributed by atoms with Crippen molar-refractivity contribution < 1.29 is 19.1 Å². The van der Waals surface area contributed by atoms with Gasteiger partial charge in [-0.25, -0.2) is 4.79 Å². The van der Waals surface area contributed by atoms with E-state index in [1.165, 1.54) is 7.11 Å². The fourth-order valence-corrected chi connectivity index (χ4v) is 2.59. The molecule has 0 bridgehead atoms. The van der Waals surface area contributed by atoms with Gasteiger partial charge in [-0.3, -0.25) is 4.79 Å². The molecular weight excluding hydrogens is 310 g/mol. The summed E-state index contributed by atoms with van der Waals surface area (Å²) in [7, 11) is 1.53. The molecule has 2 aliphatic rings. The summed E-state index contributed by atoms with van der Waals surface area (Å²) < 4.78 is 10.5. The van der Waals surface area contributed by atoms with Crippen molar-refractivity contribution in [3.05, 3.63) is 23.8 Å². The molecule has 1 aliphatic carbocycles. The quantitative estimate of drug-likeness (QED) is 0.740. The van der Waals surface area contributed by atoms with Crippen LogP contribution in [0.5, 0.6) is 5.75 Å². The summed E-state index contributed by atoms with van der Waals surface area (Å²) in [6.07, 6.45) is 3.01. The van der Waals surface area contributed by atoms with Crippen LogP contribution in [0.25, 0.3) is 0 Å². The smallest absolute Gasteiger partial charge is 0.319 e. The lowest BCUT2D eigenvalue weighted by molar-refractivity contribution is 0.0951. The maximum Gasteiger partial charge on any atom is 0.319 e. The zero-order valence-electron chi connectivity index (χ0n) is 13.8. The molecule has 3 amide bonds. The number of carbonyl (C=O) groups is 2. The highest BCUT2D eigenvalue weighted by Gasteiger charge is 2.24. The van der Waals surface area contributed by atoms with E-state index in [9.17, 15) is 9.59 Å². The van der Waals surface area contributed by atoms with E-state index in [0.29, 0.717) is 36.1 Å². The van der Waals surface area contributed by atoms with Crippen LogP contribution in [0.2, 0.25) is 0 Å². The van der Waals surface area contributed by atoms with Crippen LogP contribution in [-0.2, 0) is 4.74 Å². The zero-order chi connectivity index (χ0) is 16.9. The topological polar surface area (TPSA) is 88.7 Å². The largest absolute Gasteiger partial charge is 0.495 e. The van der Waals surface area contributed by atoms with Crippen LogP contribution in [0.3, 0.4) is 0 Å². The Balaban J connectivity index is 1.61. The highest BCUT2D eigenvalue weighted by atomic mass is 16.5. The van der Waals surface area contributed by atoms with E-state index >= 15 is 0 Å². The predicted molar refractivity (Wildman–Crippen MR) is 89.4 cm³/mol. The first-order valence-electron chi connectivity index (χ1n) is 8.27. The first-order chi connectivity index (χ1) is 11.7. The minimum absolute atomic E-state index is 0.133. The third-order valence-electron chi connectivity index (χ3n) is 4.20. The monoisotopic (exact) mass is 333 g/mol. The number of hydrogen-bond donors (Lipinski definition) is 3. The van der Waals surface area contributed by atoms with Crippen molar-refractivity contribution in [1.29, 1.82) is 0 Å². The molecule has 24 heavy (non-hydrogen) atoms. The Morgan fingerprint density at radius 3 is 2.79 bits per heavy atom. The van der Waals surface area contributed by atoms with Crippen LogP contribution < -0.4 is 20.7 Å². The van der Waals surface area contributed by atoms with Gasteiger partial charge in [0.2, 0.25) is 0 Å². The molecule has 1 aromatic rings. The van der Waals surface area contributed by atoms with Crippen molar-refractivity contribution in [3.8, 4) is 5.75 Å². The zero-order valence-corrected chi connectivity index (χ0v) is 13.8. The molecule has 3 rings (SSSR count). The lowest BCUT2D eigenvalue weighted by atomic mass is 10.1. The molecule has 3 N–H and O–H groups in total. The van der Waals surface area contributed by atoms with Gasteiger partial charge in [-0.1, -0.05) is 0 Å². The van der Waals surface area contributed by atoms with Crippen LogP contribution in [0, 0.1) is 5.92 Å². The van der Waals surface area contributed by atoms with Gasteiger partial charge in [0.15, 0.2) is 0 Å². The summed E-state index contributed by atoms with van der Waals surface area (Å²) in [6.45, 7) is 2.00. The van der Waals surface area contributed by atoms with Crippen molar-refractivity contribution in [2.45, 2.75) is 25.3 Å². The van der Waals surface area contributed by atoms with Crippen LogP contribution >= 0.6 is 0 Å². The second-order valence-electron chi connectivity index (χ2n) is 6.23. The van der Waals surface area contributed by atoms with Crippen molar-refractivity contribution in [2.24, 2.45) is 5.92 Å². The van der Waals surface area contributed by atoms with Gasteiger partial charge in [0.1, 0.15) is 5.75 Å². The summed E-state index contributed by atoms with van der Waals surface area (Å²) in [4.78, 5) is 24.2. The Kier molecular flexibility index (Phi) is 5.20. The summed E-state index contributed by atoms with van der Waals surface area (Å²) in [6, 6.07) is 4.97. The number of ether oxygens (including phenoxy) is 2. The molecule has 1 aliphatic heterocycles. The van der Waals surface area contributed by atoms with E-state index in [2.05, 4.69) is 16.0 Å². The molecule has 1 saturated heterocycles. The lowest BCUT2D eigenvalue weighted by Gasteiger charge is -2.14. The molecule has 0 radical (unpaired) electrons. The number of hydrogen-bond acceptors (Lipinski definition) is 4. The summed E-state index contributed by atoms with van der Waals surface area (Å²) in [5.41, 5.74) is 0.975. The molecule has 7 heteroatoms. The number of methoxy groups -OCH3 is 1. The van der Waals surface area contributed by atoms with E-state index < -0.39 is 0 Å². The molecule has 130 valence electrons. The van der Waals surface area contributed by atoms with E-state index in [4.69, 9.17) is 9.47 Å². The minimum atomic E-state index is -0.319. The van der Waals surface area contributed by atoms with Crippen molar-refractivity contribution in [1.82, 2.24) is 10.6 Å². The van der Waals surface area contributed by atoms with Crippen LogP contribution in [0.15, 0.2) is 18.2 Å². The Morgan fingerprint density at radius 2 is 2.12 bits per heavy atom.